The third-order valence-electron chi connectivity index (χ3n) is 3.37. The predicted molar refractivity (Wildman–Crippen MR) is 64.2 cm³/mol. The van der Waals surface area contributed by atoms with Crippen molar-refractivity contribution in [3.8, 4) is 12.3 Å². The van der Waals surface area contributed by atoms with E-state index in [1.165, 1.54) is 0 Å². The average molecular weight is 237 g/mol. The number of carboxylic acids is 1. The summed E-state index contributed by atoms with van der Waals surface area (Å²) in [5, 5.41) is 8.77. The van der Waals surface area contributed by atoms with Gasteiger partial charge >= 0.3 is 5.97 Å². The van der Waals surface area contributed by atoms with Crippen molar-refractivity contribution in [1.82, 2.24) is 4.90 Å². The Hall–Kier alpha value is -1.50. The molecule has 0 aromatic rings. The number of rotatable bonds is 4. The number of hydrogen-bond acceptors (Lipinski definition) is 2. The van der Waals surface area contributed by atoms with E-state index in [2.05, 4.69) is 5.92 Å². The monoisotopic (exact) mass is 237 g/mol. The fourth-order valence-corrected chi connectivity index (χ4v) is 2.34. The Morgan fingerprint density at radius 2 is 2.29 bits per heavy atom. The van der Waals surface area contributed by atoms with E-state index in [4.69, 9.17) is 11.5 Å². The van der Waals surface area contributed by atoms with Crippen LogP contribution in [0.1, 0.15) is 32.6 Å². The number of carbonyl (C=O) groups is 2. The molecule has 17 heavy (non-hydrogen) atoms. The van der Waals surface area contributed by atoms with Gasteiger partial charge in [-0.2, -0.15) is 0 Å². The van der Waals surface area contributed by atoms with Crippen LogP contribution in [0.5, 0.6) is 0 Å². The highest BCUT2D eigenvalue weighted by Crippen LogP contribution is 2.26. The van der Waals surface area contributed by atoms with Crippen LogP contribution in [0, 0.1) is 24.2 Å². The molecule has 4 heteroatoms. The highest BCUT2D eigenvalue weighted by molar-refractivity contribution is 5.78. The van der Waals surface area contributed by atoms with Crippen LogP contribution in [0.2, 0.25) is 0 Å². The molecule has 1 amide bonds. The average Bonchev–Trinajstić information content (AvgIpc) is 2.28. The van der Waals surface area contributed by atoms with E-state index in [1.54, 1.807) is 4.90 Å². The van der Waals surface area contributed by atoms with Crippen LogP contribution >= 0.6 is 0 Å². The number of amides is 1. The van der Waals surface area contributed by atoms with Gasteiger partial charge in [0.2, 0.25) is 5.91 Å². The molecule has 1 saturated heterocycles. The minimum absolute atomic E-state index is 0.0141. The zero-order valence-corrected chi connectivity index (χ0v) is 10.2. The van der Waals surface area contributed by atoms with Gasteiger partial charge in [-0.15, -0.1) is 6.42 Å². The Labute approximate surface area is 102 Å². The van der Waals surface area contributed by atoms with Crippen LogP contribution in [0.25, 0.3) is 0 Å². The van der Waals surface area contributed by atoms with Crippen molar-refractivity contribution in [2.45, 2.75) is 32.6 Å². The second-order valence-corrected chi connectivity index (χ2v) is 4.70. The number of carboxylic acid groups (broad SMARTS) is 1. The number of nitrogens with zero attached hydrogens (tertiary/aromatic N) is 1. The van der Waals surface area contributed by atoms with Crippen molar-refractivity contribution in [1.29, 1.82) is 0 Å². The molecule has 0 saturated carbocycles. The number of carbonyl (C=O) groups excluding carboxylic acids is 1. The van der Waals surface area contributed by atoms with Crippen molar-refractivity contribution in [2.24, 2.45) is 11.8 Å². The molecular formula is C13H19NO3. The van der Waals surface area contributed by atoms with Crippen molar-refractivity contribution >= 4 is 11.9 Å². The Balaban J connectivity index is 2.51. The van der Waals surface area contributed by atoms with E-state index in [0.717, 1.165) is 19.4 Å². The van der Waals surface area contributed by atoms with Crippen LogP contribution in [0.4, 0.5) is 0 Å². The minimum atomic E-state index is -0.774. The van der Waals surface area contributed by atoms with E-state index in [9.17, 15) is 9.59 Å². The van der Waals surface area contributed by atoms with Crippen LogP contribution in [-0.4, -0.2) is 35.0 Å². The molecule has 1 aliphatic rings. The molecule has 1 N–H and O–H groups in total. The van der Waals surface area contributed by atoms with Gasteiger partial charge in [-0.05, 0) is 24.7 Å². The van der Waals surface area contributed by atoms with Crippen molar-refractivity contribution in [3.63, 3.8) is 0 Å². The third kappa shape index (κ3) is 4.10. The molecule has 94 valence electrons. The normalized spacial score (nSPS) is 21.6. The Bertz CT molecular complexity index is 332. The summed E-state index contributed by atoms with van der Waals surface area (Å²) < 4.78 is 0. The van der Waals surface area contributed by atoms with E-state index >= 15 is 0 Å². The van der Waals surface area contributed by atoms with Gasteiger partial charge in [0.1, 0.15) is 0 Å². The zero-order chi connectivity index (χ0) is 12.8. The topological polar surface area (TPSA) is 57.6 Å². The summed E-state index contributed by atoms with van der Waals surface area (Å²) in [6, 6.07) is 0. The lowest BCUT2D eigenvalue weighted by atomic mass is 9.84. The lowest BCUT2D eigenvalue weighted by molar-refractivity contribution is -0.138. The maximum absolute atomic E-state index is 11.7. The van der Waals surface area contributed by atoms with Crippen LogP contribution in [-0.2, 0) is 9.59 Å². The largest absolute Gasteiger partial charge is 0.481 e. The first kappa shape index (κ1) is 13.6. The molecule has 0 aromatic heterocycles. The van der Waals surface area contributed by atoms with Gasteiger partial charge < -0.3 is 10.0 Å². The molecule has 0 bridgehead atoms. The van der Waals surface area contributed by atoms with Gasteiger partial charge in [0, 0.05) is 19.5 Å². The van der Waals surface area contributed by atoms with E-state index in [1.807, 2.05) is 6.92 Å². The number of aliphatic carboxylic acids is 1. The predicted octanol–water partition coefficient (Wildman–Crippen LogP) is 1.36. The molecule has 0 radical (unpaired) electrons. The van der Waals surface area contributed by atoms with Crippen LogP contribution in [0.3, 0.4) is 0 Å². The number of likely N-dealkylation sites (tertiary alicyclic amines) is 1. The highest BCUT2D eigenvalue weighted by Gasteiger charge is 2.27. The highest BCUT2D eigenvalue weighted by atomic mass is 16.4. The molecule has 2 atom stereocenters. The number of terminal acetylenes is 1. The second kappa shape index (κ2) is 6.29. The van der Waals surface area contributed by atoms with E-state index in [0.29, 0.717) is 6.54 Å². The first-order valence-electron chi connectivity index (χ1n) is 5.97. The Morgan fingerprint density at radius 3 is 2.88 bits per heavy atom. The van der Waals surface area contributed by atoms with E-state index < -0.39 is 5.97 Å². The summed E-state index contributed by atoms with van der Waals surface area (Å²) in [5.41, 5.74) is 0. The minimum Gasteiger partial charge on any atom is -0.481 e. The number of piperidine rings is 1. The summed E-state index contributed by atoms with van der Waals surface area (Å²) in [5.74, 6) is 1.95. The first-order valence-corrected chi connectivity index (χ1v) is 5.97. The SMILES string of the molecule is C#CCC(=O)N1CCCC(C(C)CC(=O)O)C1. The summed E-state index contributed by atoms with van der Waals surface area (Å²) >= 11 is 0. The van der Waals surface area contributed by atoms with Gasteiger partial charge in [-0.3, -0.25) is 9.59 Å². The maximum Gasteiger partial charge on any atom is 0.303 e. The standard InChI is InChI=1S/C13H19NO3/c1-3-5-12(15)14-7-4-6-11(9-14)10(2)8-13(16)17/h1,10-11H,4-9H2,2H3,(H,16,17). The van der Waals surface area contributed by atoms with E-state index in [-0.39, 0.29) is 30.6 Å². The molecule has 0 aromatic carbocycles. The molecule has 1 fully saturated rings. The van der Waals surface area contributed by atoms with Gasteiger partial charge in [0.15, 0.2) is 0 Å². The molecule has 0 aliphatic carbocycles. The summed E-state index contributed by atoms with van der Waals surface area (Å²) in [6.45, 7) is 3.33. The number of hydrogen-bond donors (Lipinski definition) is 1. The van der Waals surface area contributed by atoms with Crippen LogP contribution < -0.4 is 0 Å². The molecular weight excluding hydrogens is 218 g/mol. The summed E-state index contributed by atoms with van der Waals surface area (Å²) in [6.07, 6.45) is 7.36. The molecule has 2 unspecified atom stereocenters. The molecule has 0 spiro atoms. The third-order valence-corrected chi connectivity index (χ3v) is 3.37. The summed E-state index contributed by atoms with van der Waals surface area (Å²) in [4.78, 5) is 24.1. The van der Waals surface area contributed by atoms with Gasteiger partial charge in [0.25, 0.3) is 0 Å². The Kier molecular flexibility index (Phi) is 5.02. The van der Waals surface area contributed by atoms with Crippen LogP contribution in [0.15, 0.2) is 0 Å². The van der Waals surface area contributed by atoms with Crippen molar-refractivity contribution < 1.29 is 14.7 Å². The van der Waals surface area contributed by atoms with Crippen molar-refractivity contribution in [3.05, 3.63) is 0 Å². The fraction of sp³-hybridized carbons (Fsp3) is 0.692. The molecule has 1 rings (SSSR count). The fourth-order valence-electron chi connectivity index (χ4n) is 2.34. The summed E-state index contributed by atoms with van der Waals surface area (Å²) in [7, 11) is 0. The lowest BCUT2D eigenvalue weighted by Crippen LogP contribution is -2.41. The molecule has 1 aliphatic heterocycles. The molecule has 4 nitrogen and oxygen atoms in total. The molecule has 1 heterocycles. The Morgan fingerprint density at radius 1 is 1.59 bits per heavy atom. The second-order valence-electron chi connectivity index (χ2n) is 4.70. The van der Waals surface area contributed by atoms with Crippen molar-refractivity contribution in [2.75, 3.05) is 13.1 Å². The maximum atomic E-state index is 11.7. The first-order chi connectivity index (χ1) is 8.04. The van der Waals surface area contributed by atoms with Gasteiger partial charge in [-0.1, -0.05) is 12.8 Å². The van der Waals surface area contributed by atoms with Gasteiger partial charge in [-0.25, -0.2) is 0 Å². The quantitative estimate of drug-likeness (QED) is 0.751. The van der Waals surface area contributed by atoms with Gasteiger partial charge in [0.05, 0.1) is 6.42 Å². The smallest absolute Gasteiger partial charge is 0.303 e. The lowest BCUT2D eigenvalue weighted by Gasteiger charge is -2.35. The zero-order valence-electron chi connectivity index (χ0n) is 10.2.